The maximum atomic E-state index is 12.8. The lowest BCUT2D eigenvalue weighted by molar-refractivity contribution is 0.102. The van der Waals surface area contributed by atoms with Gasteiger partial charge in [0.15, 0.2) is 0 Å². The van der Waals surface area contributed by atoms with Gasteiger partial charge in [-0.05, 0) is 55.3 Å². The molecule has 3 heterocycles. The maximum absolute atomic E-state index is 12.8. The Hall–Kier alpha value is -3.51. The van der Waals surface area contributed by atoms with Gasteiger partial charge in [0.05, 0.1) is 21.4 Å². The number of aromatic nitrogens is 3. The second-order valence-electron chi connectivity index (χ2n) is 7.07. The molecule has 3 aromatic heterocycles. The summed E-state index contributed by atoms with van der Waals surface area (Å²) in [6.07, 6.45) is 4.00. The van der Waals surface area contributed by atoms with Gasteiger partial charge in [-0.2, -0.15) is 0 Å². The molecule has 29 heavy (non-hydrogen) atoms. The Labute approximate surface area is 171 Å². The molecule has 0 bridgehead atoms. The van der Waals surface area contributed by atoms with Crippen molar-refractivity contribution in [1.82, 2.24) is 14.4 Å². The summed E-state index contributed by atoms with van der Waals surface area (Å²) in [7, 11) is 0. The monoisotopic (exact) mass is 398 g/mol. The van der Waals surface area contributed by atoms with Crippen LogP contribution in [0.3, 0.4) is 0 Å². The van der Waals surface area contributed by atoms with Gasteiger partial charge in [0, 0.05) is 29.2 Å². The van der Waals surface area contributed by atoms with Crippen LogP contribution < -0.4 is 5.32 Å². The zero-order valence-electron chi connectivity index (χ0n) is 16.0. The Morgan fingerprint density at radius 1 is 1.07 bits per heavy atom. The third-order valence-corrected chi connectivity index (χ3v) is 5.84. The summed E-state index contributed by atoms with van der Waals surface area (Å²) in [6.45, 7) is 4.03. The van der Waals surface area contributed by atoms with Crippen molar-refractivity contribution in [2.75, 3.05) is 5.32 Å². The third kappa shape index (κ3) is 3.17. The van der Waals surface area contributed by atoms with E-state index in [4.69, 9.17) is 4.98 Å². The summed E-state index contributed by atoms with van der Waals surface area (Å²) in [5, 5.41) is 3.05. The van der Waals surface area contributed by atoms with E-state index in [-0.39, 0.29) is 5.91 Å². The topological polar surface area (TPSA) is 59.3 Å². The fourth-order valence-corrected chi connectivity index (χ4v) is 4.12. The molecule has 0 fully saturated rings. The molecule has 142 valence electrons. The average Bonchev–Trinajstić information content (AvgIpc) is 3.36. The normalized spacial score (nSPS) is 11.2. The molecule has 1 amide bonds. The quantitative estimate of drug-likeness (QED) is 0.438. The number of pyridine rings is 1. The van der Waals surface area contributed by atoms with Crippen molar-refractivity contribution >= 4 is 38.8 Å². The summed E-state index contributed by atoms with van der Waals surface area (Å²) in [4.78, 5) is 21.8. The molecule has 2 aromatic carbocycles. The Bertz CT molecular complexity index is 1380. The van der Waals surface area contributed by atoms with E-state index < -0.39 is 0 Å². The number of rotatable bonds is 3. The summed E-state index contributed by atoms with van der Waals surface area (Å²) in [5.41, 5.74) is 9.00. The number of nitrogens with one attached hydrogen (secondary N) is 1. The van der Waals surface area contributed by atoms with E-state index >= 15 is 0 Å². The molecule has 5 rings (SSSR count). The van der Waals surface area contributed by atoms with Crippen molar-refractivity contribution < 1.29 is 4.79 Å². The fourth-order valence-electron chi connectivity index (χ4n) is 3.40. The van der Waals surface area contributed by atoms with Crippen LogP contribution in [-0.2, 0) is 0 Å². The fraction of sp³-hybridized carbons (Fsp3) is 0.0870. The van der Waals surface area contributed by atoms with Crippen molar-refractivity contribution in [2.24, 2.45) is 0 Å². The predicted molar refractivity (Wildman–Crippen MR) is 118 cm³/mol. The molecule has 1 N–H and O–H groups in total. The van der Waals surface area contributed by atoms with Gasteiger partial charge < -0.3 is 9.72 Å². The molecule has 0 aliphatic heterocycles. The molecule has 0 saturated heterocycles. The van der Waals surface area contributed by atoms with E-state index in [9.17, 15) is 4.79 Å². The lowest BCUT2D eigenvalue weighted by Crippen LogP contribution is -2.12. The second-order valence-corrected chi connectivity index (χ2v) is 7.95. The van der Waals surface area contributed by atoms with E-state index in [1.54, 1.807) is 5.51 Å². The standard InChI is InChI=1S/C23H18N4OS/c1-14-5-6-16(20-12-27-9-3-4-15(2)22(27)25-20)10-19(14)26-23(28)17-7-8-18-21(11-17)29-13-24-18/h3-13H,1-2H3,(H,26,28). The smallest absolute Gasteiger partial charge is 0.255 e. The van der Waals surface area contributed by atoms with Gasteiger partial charge in [-0.3, -0.25) is 4.79 Å². The van der Waals surface area contributed by atoms with Crippen LogP contribution in [0.5, 0.6) is 0 Å². The van der Waals surface area contributed by atoms with Gasteiger partial charge in [-0.1, -0.05) is 18.2 Å². The lowest BCUT2D eigenvalue weighted by atomic mass is 10.1. The minimum absolute atomic E-state index is 0.133. The minimum Gasteiger partial charge on any atom is -0.322 e. The average molecular weight is 398 g/mol. The van der Waals surface area contributed by atoms with Gasteiger partial charge in [-0.15, -0.1) is 11.3 Å². The number of carbonyl (C=O) groups excluding carboxylic acids is 1. The number of imidazole rings is 1. The first kappa shape index (κ1) is 17.6. The number of benzene rings is 2. The molecule has 0 aliphatic carbocycles. The van der Waals surface area contributed by atoms with Crippen LogP contribution in [-0.4, -0.2) is 20.3 Å². The van der Waals surface area contributed by atoms with Crippen LogP contribution in [0.15, 0.2) is 66.4 Å². The van der Waals surface area contributed by atoms with Crippen LogP contribution in [0.2, 0.25) is 0 Å². The van der Waals surface area contributed by atoms with E-state index in [0.717, 1.165) is 43.9 Å². The SMILES string of the molecule is Cc1ccc(-c2cn3cccc(C)c3n2)cc1NC(=O)c1ccc2ncsc2c1. The highest BCUT2D eigenvalue weighted by molar-refractivity contribution is 7.16. The number of hydrogen-bond acceptors (Lipinski definition) is 4. The molecule has 0 unspecified atom stereocenters. The number of anilines is 1. The number of thiazole rings is 1. The van der Waals surface area contributed by atoms with Crippen LogP contribution in [0.25, 0.3) is 27.1 Å². The number of nitrogens with zero attached hydrogens (tertiary/aromatic N) is 3. The van der Waals surface area contributed by atoms with Crippen LogP contribution in [0.1, 0.15) is 21.5 Å². The number of aryl methyl sites for hydroxylation is 2. The predicted octanol–water partition coefficient (Wildman–Crippen LogP) is 5.48. The maximum Gasteiger partial charge on any atom is 0.255 e. The van der Waals surface area contributed by atoms with Crippen molar-refractivity contribution in [1.29, 1.82) is 0 Å². The molecule has 0 spiro atoms. The van der Waals surface area contributed by atoms with Crippen molar-refractivity contribution in [3.05, 3.63) is 83.1 Å². The zero-order chi connectivity index (χ0) is 20.0. The highest BCUT2D eigenvalue weighted by Crippen LogP contribution is 2.27. The molecule has 0 atom stereocenters. The molecule has 5 nitrogen and oxygen atoms in total. The molecule has 0 radical (unpaired) electrons. The second kappa shape index (κ2) is 6.83. The minimum atomic E-state index is -0.133. The molecule has 5 aromatic rings. The molecule has 0 saturated carbocycles. The highest BCUT2D eigenvalue weighted by Gasteiger charge is 2.12. The Morgan fingerprint density at radius 2 is 1.97 bits per heavy atom. The van der Waals surface area contributed by atoms with Crippen molar-refractivity contribution in [3.63, 3.8) is 0 Å². The van der Waals surface area contributed by atoms with Gasteiger partial charge in [0.1, 0.15) is 5.65 Å². The van der Waals surface area contributed by atoms with Gasteiger partial charge >= 0.3 is 0 Å². The van der Waals surface area contributed by atoms with Crippen LogP contribution in [0, 0.1) is 13.8 Å². The summed E-state index contributed by atoms with van der Waals surface area (Å²) < 4.78 is 3.02. The first-order valence-electron chi connectivity index (χ1n) is 9.28. The number of fused-ring (bicyclic) bond motifs is 2. The van der Waals surface area contributed by atoms with Crippen LogP contribution >= 0.6 is 11.3 Å². The van der Waals surface area contributed by atoms with Crippen molar-refractivity contribution in [2.45, 2.75) is 13.8 Å². The zero-order valence-corrected chi connectivity index (χ0v) is 16.8. The van der Waals surface area contributed by atoms with Crippen molar-refractivity contribution in [3.8, 4) is 11.3 Å². The van der Waals surface area contributed by atoms with E-state index in [0.29, 0.717) is 5.56 Å². The summed E-state index contributed by atoms with van der Waals surface area (Å²) in [5.74, 6) is -0.133. The Kier molecular flexibility index (Phi) is 4.14. The molecule has 0 aliphatic rings. The first-order valence-corrected chi connectivity index (χ1v) is 10.2. The largest absolute Gasteiger partial charge is 0.322 e. The van der Waals surface area contributed by atoms with Gasteiger partial charge in [-0.25, -0.2) is 9.97 Å². The van der Waals surface area contributed by atoms with Crippen LogP contribution in [0.4, 0.5) is 5.69 Å². The highest BCUT2D eigenvalue weighted by atomic mass is 32.1. The first-order chi connectivity index (χ1) is 14.1. The number of amides is 1. The Morgan fingerprint density at radius 3 is 2.83 bits per heavy atom. The molecular weight excluding hydrogens is 380 g/mol. The molecular formula is C23H18N4OS. The van der Waals surface area contributed by atoms with Gasteiger partial charge in [0.25, 0.3) is 5.91 Å². The Balaban J connectivity index is 1.48. The summed E-state index contributed by atoms with van der Waals surface area (Å²) >= 11 is 1.53. The van der Waals surface area contributed by atoms with Gasteiger partial charge in [0.2, 0.25) is 0 Å². The number of hydrogen-bond donors (Lipinski definition) is 1. The summed E-state index contributed by atoms with van der Waals surface area (Å²) in [6, 6.07) is 15.6. The third-order valence-electron chi connectivity index (χ3n) is 5.05. The van der Waals surface area contributed by atoms with E-state index in [1.807, 2.05) is 79.2 Å². The van der Waals surface area contributed by atoms with E-state index in [2.05, 4.69) is 10.3 Å². The molecule has 6 heteroatoms. The number of carbonyl (C=O) groups is 1. The lowest BCUT2D eigenvalue weighted by Gasteiger charge is -2.10. The van der Waals surface area contributed by atoms with E-state index in [1.165, 1.54) is 11.3 Å².